The van der Waals surface area contributed by atoms with Gasteiger partial charge in [-0.15, -0.1) is 11.3 Å². The normalized spacial score (nSPS) is 11.3. The summed E-state index contributed by atoms with van der Waals surface area (Å²) in [5.41, 5.74) is 1.31. The zero-order valence-corrected chi connectivity index (χ0v) is 16.0. The highest BCUT2D eigenvalue weighted by atomic mass is 79.9. The molecule has 7 heteroatoms. The van der Waals surface area contributed by atoms with Gasteiger partial charge in [0.15, 0.2) is 0 Å². The zero-order chi connectivity index (χ0) is 18.0. The smallest absolute Gasteiger partial charge is 0.348 e. The van der Waals surface area contributed by atoms with Crippen molar-refractivity contribution in [2.24, 2.45) is 0 Å². The molecule has 25 heavy (non-hydrogen) atoms. The molecule has 0 fully saturated rings. The largest absolute Gasteiger partial charge is 0.462 e. The number of aromatic amines is 1. The molecule has 0 bridgehead atoms. The Morgan fingerprint density at radius 1 is 1.36 bits per heavy atom. The fourth-order valence-electron chi connectivity index (χ4n) is 2.41. The highest BCUT2D eigenvalue weighted by molar-refractivity contribution is 9.10. The van der Waals surface area contributed by atoms with Crippen molar-refractivity contribution in [2.45, 2.75) is 13.8 Å². The first-order valence-corrected chi connectivity index (χ1v) is 9.25. The second-order valence-corrected chi connectivity index (χ2v) is 7.12. The summed E-state index contributed by atoms with van der Waals surface area (Å²) in [4.78, 5) is 32.6. The Kier molecular flexibility index (Phi) is 5.15. The maximum Gasteiger partial charge on any atom is 0.348 e. The number of fused-ring (bicyclic) bond motifs is 1. The molecule has 128 valence electrons. The van der Waals surface area contributed by atoms with E-state index in [0.717, 1.165) is 10.0 Å². The van der Waals surface area contributed by atoms with Gasteiger partial charge in [-0.2, -0.15) is 0 Å². The number of aromatic nitrogens is 2. The van der Waals surface area contributed by atoms with Crippen LogP contribution in [0.3, 0.4) is 0 Å². The number of thiophene rings is 1. The van der Waals surface area contributed by atoms with Crippen molar-refractivity contribution in [3.63, 3.8) is 0 Å². The molecular formula is C18H15BrN2O3S. The third-order valence-corrected chi connectivity index (χ3v) is 5.49. The summed E-state index contributed by atoms with van der Waals surface area (Å²) in [6, 6.07) is 7.75. The van der Waals surface area contributed by atoms with Crippen molar-refractivity contribution in [1.29, 1.82) is 0 Å². The summed E-state index contributed by atoms with van der Waals surface area (Å²) in [6.07, 6.45) is 3.60. The number of H-pyrrole nitrogens is 1. The summed E-state index contributed by atoms with van der Waals surface area (Å²) in [7, 11) is 0. The number of aryl methyl sites for hydroxylation is 1. The second-order valence-electron chi connectivity index (χ2n) is 5.26. The van der Waals surface area contributed by atoms with E-state index in [-0.39, 0.29) is 12.2 Å². The number of rotatable bonds is 4. The Morgan fingerprint density at radius 2 is 2.12 bits per heavy atom. The first kappa shape index (κ1) is 17.6. The average Bonchev–Trinajstić information content (AvgIpc) is 2.92. The Balaban J connectivity index is 2.03. The minimum Gasteiger partial charge on any atom is -0.462 e. The van der Waals surface area contributed by atoms with Crippen LogP contribution in [0.2, 0.25) is 0 Å². The van der Waals surface area contributed by atoms with Crippen LogP contribution in [-0.4, -0.2) is 22.5 Å². The fraction of sp³-hybridized carbons (Fsp3) is 0.167. The first-order chi connectivity index (χ1) is 12.0. The Morgan fingerprint density at radius 3 is 2.84 bits per heavy atom. The third-order valence-electron chi connectivity index (χ3n) is 3.61. The lowest BCUT2D eigenvalue weighted by molar-refractivity contribution is 0.0531. The average molecular weight is 419 g/mol. The van der Waals surface area contributed by atoms with Gasteiger partial charge in [0.1, 0.15) is 15.5 Å². The lowest BCUT2D eigenvalue weighted by Gasteiger charge is -1.99. The molecule has 0 spiro atoms. The van der Waals surface area contributed by atoms with Crippen LogP contribution in [0, 0.1) is 6.92 Å². The SMILES string of the molecule is CCOC(=O)c1sc2nc(/C=C/c3ccccc3Br)[nH]c(=O)c2c1C. The van der Waals surface area contributed by atoms with Crippen molar-refractivity contribution in [2.75, 3.05) is 6.61 Å². The molecule has 0 saturated heterocycles. The van der Waals surface area contributed by atoms with Gasteiger partial charge in [0.25, 0.3) is 5.56 Å². The number of ether oxygens (including phenoxy) is 1. The lowest BCUT2D eigenvalue weighted by atomic mass is 10.2. The maximum atomic E-state index is 12.4. The van der Waals surface area contributed by atoms with Gasteiger partial charge < -0.3 is 9.72 Å². The van der Waals surface area contributed by atoms with Gasteiger partial charge in [-0.3, -0.25) is 4.79 Å². The highest BCUT2D eigenvalue weighted by Crippen LogP contribution is 2.28. The summed E-state index contributed by atoms with van der Waals surface area (Å²) in [5, 5.41) is 0.436. The van der Waals surface area contributed by atoms with Crippen LogP contribution in [0.1, 0.15) is 33.5 Å². The molecular weight excluding hydrogens is 404 g/mol. The van der Waals surface area contributed by atoms with Crippen LogP contribution in [0.4, 0.5) is 0 Å². The van der Waals surface area contributed by atoms with Crippen LogP contribution >= 0.6 is 27.3 Å². The van der Waals surface area contributed by atoms with Crippen LogP contribution < -0.4 is 5.56 Å². The molecule has 0 saturated carbocycles. The molecule has 3 rings (SSSR count). The molecule has 1 N–H and O–H groups in total. The third kappa shape index (κ3) is 3.57. The number of hydrogen-bond donors (Lipinski definition) is 1. The molecule has 0 unspecified atom stereocenters. The van der Waals surface area contributed by atoms with E-state index in [4.69, 9.17) is 4.74 Å². The van der Waals surface area contributed by atoms with E-state index in [0.29, 0.717) is 26.5 Å². The first-order valence-electron chi connectivity index (χ1n) is 7.64. The summed E-state index contributed by atoms with van der Waals surface area (Å²) in [6.45, 7) is 3.77. The topological polar surface area (TPSA) is 72.0 Å². The predicted octanol–water partition coefficient (Wildman–Crippen LogP) is 4.40. The molecule has 0 aliphatic carbocycles. The molecule has 5 nitrogen and oxygen atoms in total. The number of esters is 1. The van der Waals surface area contributed by atoms with Crippen molar-refractivity contribution in [3.8, 4) is 0 Å². The van der Waals surface area contributed by atoms with Gasteiger partial charge in [-0.1, -0.05) is 40.2 Å². The van der Waals surface area contributed by atoms with E-state index < -0.39 is 5.97 Å². The maximum absolute atomic E-state index is 12.4. The number of benzene rings is 1. The number of carbonyl (C=O) groups is 1. The van der Waals surface area contributed by atoms with Gasteiger partial charge in [-0.05, 0) is 37.1 Å². The summed E-state index contributed by atoms with van der Waals surface area (Å²) < 4.78 is 5.99. The Bertz CT molecular complexity index is 1040. The Labute approximate surface area is 156 Å². The number of carbonyl (C=O) groups excluding carboxylic acids is 1. The van der Waals surface area contributed by atoms with Crippen molar-refractivity contribution in [3.05, 3.63) is 60.9 Å². The number of nitrogens with zero attached hydrogens (tertiary/aromatic N) is 1. The number of hydrogen-bond acceptors (Lipinski definition) is 5. The molecule has 0 amide bonds. The van der Waals surface area contributed by atoms with Crippen LogP contribution in [0.5, 0.6) is 0 Å². The zero-order valence-electron chi connectivity index (χ0n) is 13.6. The van der Waals surface area contributed by atoms with Gasteiger partial charge in [-0.25, -0.2) is 9.78 Å². The van der Waals surface area contributed by atoms with Crippen LogP contribution in [0.15, 0.2) is 33.5 Å². The Hall–Kier alpha value is -2.25. The molecule has 3 aromatic rings. The van der Waals surface area contributed by atoms with Crippen molar-refractivity contribution >= 4 is 55.6 Å². The molecule has 1 aromatic carbocycles. The van der Waals surface area contributed by atoms with E-state index in [2.05, 4.69) is 25.9 Å². The standard InChI is InChI=1S/C18H15BrN2O3S/c1-3-24-18(23)15-10(2)14-16(22)20-13(21-17(14)25-15)9-8-11-6-4-5-7-12(11)19/h4-9H,3H2,1-2H3,(H,20,21,22)/b9-8+. The molecule has 0 aliphatic rings. The number of halogens is 1. The summed E-state index contributed by atoms with van der Waals surface area (Å²) >= 11 is 4.65. The minimum absolute atomic E-state index is 0.263. The second kappa shape index (κ2) is 7.33. The van der Waals surface area contributed by atoms with E-state index in [1.165, 1.54) is 11.3 Å². The lowest BCUT2D eigenvalue weighted by Crippen LogP contribution is -2.10. The molecule has 0 atom stereocenters. The highest BCUT2D eigenvalue weighted by Gasteiger charge is 2.19. The molecule has 2 heterocycles. The van der Waals surface area contributed by atoms with E-state index >= 15 is 0 Å². The molecule has 2 aromatic heterocycles. The van der Waals surface area contributed by atoms with Crippen molar-refractivity contribution in [1.82, 2.24) is 9.97 Å². The van der Waals surface area contributed by atoms with Gasteiger partial charge in [0.05, 0.1) is 12.0 Å². The quantitative estimate of drug-likeness (QED) is 0.637. The van der Waals surface area contributed by atoms with Crippen LogP contribution in [-0.2, 0) is 4.74 Å². The predicted molar refractivity (Wildman–Crippen MR) is 104 cm³/mol. The summed E-state index contributed by atoms with van der Waals surface area (Å²) in [5.74, 6) is 0.0117. The monoisotopic (exact) mass is 418 g/mol. The number of nitrogens with one attached hydrogen (secondary N) is 1. The minimum atomic E-state index is -0.423. The van der Waals surface area contributed by atoms with E-state index in [9.17, 15) is 9.59 Å². The van der Waals surface area contributed by atoms with Gasteiger partial charge in [0, 0.05) is 4.47 Å². The fourth-order valence-corrected chi connectivity index (χ4v) is 3.91. The van der Waals surface area contributed by atoms with Crippen LogP contribution in [0.25, 0.3) is 22.4 Å². The van der Waals surface area contributed by atoms with E-state index in [1.807, 2.05) is 30.3 Å². The molecule has 0 radical (unpaired) electrons. The van der Waals surface area contributed by atoms with Gasteiger partial charge in [0.2, 0.25) is 0 Å². The molecule has 0 aliphatic heterocycles. The van der Waals surface area contributed by atoms with Crippen molar-refractivity contribution < 1.29 is 9.53 Å². The van der Waals surface area contributed by atoms with E-state index in [1.54, 1.807) is 19.9 Å². The van der Waals surface area contributed by atoms with Gasteiger partial charge >= 0.3 is 5.97 Å².